The van der Waals surface area contributed by atoms with Crippen molar-refractivity contribution in [3.8, 4) is 23.0 Å². The number of para-hydroxylation sites is 1. The van der Waals surface area contributed by atoms with Gasteiger partial charge in [0.25, 0.3) is 11.8 Å². The average Bonchev–Trinajstić information content (AvgIpc) is 3.25. The number of ether oxygens (including phenoxy) is 3. The number of hydrogen-bond acceptors (Lipinski definition) is 7. The number of thiocarbonyl (C=S) groups is 1. The summed E-state index contributed by atoms with van der Waals surface area (Å²) in [5, 5.41) is 2.77. The van der Waals surface area contributed by atoms with Crippen LogP contribution in [0, 0.1) is 0 Å². The van der Waals surface area contributed by atoms with Gasteiger partial charge in [-0.1, -0.05) is 60.4 Å². The Labute approximate surface area is 241 Å². The summed E-state index contributed by atoms with van der Waals surface area (Å²) in [6.45, 7) is -0.148. The van der Waals surface area contributed by atoms with Gasteiger partial charge in [0, 0.05) is 11.8 Å². The Bertz CT molecular complexity index is 1560. The van der Waals surface area contributed by atoms with E-state index in [1.54, 1.807) is 61.7 Å². The van der Waals surface area contributed by atoms with Gasteiger partial charge in [0.05, 0.1) is 17.7 Å². The van der Waals surface area contributed by atoms with Crippen molar-refractivity contribution >= 4 is 57.6 Å². The van der Waals surface area contributed by atoms with Crippen LogP contribution in [0.4, 0.5) is 11.4 Å². The Hall–Kier alpha value is -4.60. The summed E-state index contributed by atoms with van der Waals surface area (Å²) in [7, 11) is 1.57. The van der Waals surface area contributed by atoms with Crippen molar-refractivity contribution in [3.05, 3.63) is 114 Å². The minimum atomic E-state index is -0.291. The van der Waals surface area contributed by atoms with Crippen LogP contribution < -0.4 is 24.4 Å². The van der Waals surface area contributed by atoms with Crippen LogP contribution in [0.15, 0.2) is 108 Å². The normalized spacial score (nSPS) is 13.8. The third kappa shape index (κ3) is 6.69. The molecule has 0 saturated carbocycles. The zero-order valence-corrected chi connectivity index (χ0v) is 23.0. The van der Waals surface area contributed by atoms with Gasteiger partial charge in [-0.15, -0.1) is 0 Å². The van der Waals surface area contributed by atoms with E-state index < -0.39 is 0 Å². The predicted molar refractivity (Wildman–Crippen MR) is 162 cm³/mol. The van der Waals surface area contributed by atoms with Crippen molar-refractivity contribution < 1.29 is 23.8 Å². The van der Waals surface area contributed by atoms with Gasteiger partial charge < -0.3 is 19.5 Å². The number of nitrogens with one attached hydrogen (secondary N) is 1. The molecule has 1 fully saturated rings. The predicted octanol–water partition coefficient (Wildman–Crippen LogP) is 6.91. The Kier molecular flexibility index (Phi) is 8.44. The molecule has 2 amide bonds. The third-order valence-electron chi connectivity index (χ3n) is 5.77. The number of rotatable bonds is 9. The van der Waals surface area contributed by atoms with Gasteiger partial charge in [0.2, 0.25) is 0 Å². The van der Waals surface area contributed by atoms with Crippen LogP contribution in [-0.2, 0) is 9.59 Å². The Balaban J connectivity index is 1.18. The molecule has 1 heterocycles. The molecule has 0 bridgehead atoms. The summed E-state index contributed by atoms with van der Waals surface area (Å²) >= 11 is 6.75. The molecule has 0 atom stereocenters. The smallest absolute Gasteiger partial charge is 0.270 e. The molecule has 1 saturated heterocycles. The van der Waals surface area contributed by atoms with Crippen molar-refractivity contribution in [1.29, 1.82) is 0 Å². The minimum absolute atomic E-state index is 0.148. The second kappa shape index (κ2) is 12.5. The zero-order valence-electron chi connectivity index (χ0n) is 21.4. The van der Waals surface area contributed by atoms with E-state index in [1.807, 2.05) is 54.6 Å². The van der Waals surface area contributed by atoms with E-state index in [0.717, 1.165) is 11.3 Å². The maximum atomic E-state index is 13.2. The number of amides is 2. The third-order valence-corrected chi connectivity index (χ3v) is 7.07. The van der Waals surface area contributed by atoms with Crippen LogP contribution in [0.3, 0.4) is 0 Å². The van der Waals surface area contributed by atoms with Crippen LogP contribution >= 0.6 is 24.0 Å². The second-order valence-electron chi connectivity index (χ2n) is 8.56. The number of methoxy groups -OCH3 is 1. The topological polar surface area (TPSA) is 77.1 Å². The van der Waals surface area contributed by atoms with Crippen molar-refractivity contribution in [2.45, 2.75) is 0 Å². The Morgan fingerprint density at radius 1 is 0.875 bits per heavy atom. The molecular weight excluding hydrogens is 544 g/mol. The van der Waals surface area contributed by atoms with Crippen molar-refractivity contribution in [3.63, 3.8) is 0 Å². The second-order valence-corrected chi connectivity index (χ2v) is 10.2. The van der Waals surface area contributed by atoms with Gasteiger partial charge in [-0.05, 0) is 72.3 Å². The van der Waals surface area contributed by atoms with Gasteiger partial charge in [0.1, 0.15) is 23.0 Å². The number of carbonyl (C=O) groups excluding carboxylic acids is 2. The molecule has 0 aliphatic carbocycles. The molecule has 1 aliphatic rings. The highest BCUT2D eigenvalue weighted by molar-refractivity contribution is 8.27. The molecule has 0 unspecified atom stereocenters. The van der Waals surface area contributed by atoms with Gasteiger partial charge in [-0.2, -0.15) is 0 Å². The number of benzene rings is 4. The highest BCUT2D eigenvalue weighted by atomic mass is 32.2. The fourth-order valence-electron chi connectivity index (χ4n) is 3.84. The molecule has 0 aromatic heterocycles. The van der Waals surface area contributed by atoms with Gasteiger partial charge in [0.15, 0.2) is 10.9 Å². The number of hydrogen-bond donors (Lipinski definition) is 1. The molecule has 4 aromatic carbocycles. The fourth-order valence-corrected chi connectivity index (χ4v) is 5.14. The average molecular weight is 569 g/mol. The molecule has 9 heteroatoms. The standard InChI is InChI=1S/C31H24N2O5S2/c1-36-27-9-5-6-22(19-27)32-29(34)20-37-24-14-10-21(11-15-24)18-28-30(35)33(31(39)40-28)23-12-16-26(17-13-23)38-25-7-3-2-4-8-25/h2-19H,20H2,1H3,(H,32,34)/b28-18-. The molecule has 0 spiro atoms. The highest BCUT2D eigenvalue weighted by Gasteiger charge is 2.33. The van der Waals surface area contributed by atoms with Crippen molar-refractivity contribution in [2.24, 2.45) is 0 Å². The SMILES string of the molecule is COc1cccc(NC(=O)COc2ccc(/C=C3\SC(=S)N(c4ccc(Oc5ccccc5)cc4)C3=O)cc2)c1. The molecule has 4 aromatic rings. The summed E-state index contributed by atoms with van der Waals surface area (Å²) < 4.78 is 17.1. The fraction of sp³-hybridized carbons (Fsp3) is 0.0645. The summed E-state index contributed by atoms with van der Waals surface area (Å²) in [4.78, 5) is 27.4. The number of thioether (sulfide) groups is 1. The van der Waals surface area contributed by atoms with Crippen LogP contribution in [0.1, 0.15) is 5.56 Å². The molecular formula is C31H24N2O5S2. The first kappa shape index (κ1) is 27.0. The van der Waals surface area contributed by atoms with Gasteiger partial charge >= 0.3 is 0 Å². The van der Waals surface area contributed by atoms with Gasteiger partial charge in [-0.3, -0.25) is 14.5 Å². The largest absolute Gasteiger partial charge is 0.497 e. The zero-order chi connectivity index (χ0) is 27.9. The van der Waals surface area contributed by atoms with Crippen LogP contribution in [0.25, 0.3) is 6.08 Å². The molecule has 7 nitrogen and oxygen atoms in total. The first-order valence-electron chi connectivity index (χ1n) is 12.3. The van der Waals surface area contributed by atoms with E-state index in [2.05, 4.69) is 5.32 Å². The molecule has 5 rings (SSSR count). The lowest BCUT2D eigenvalue weighted by Gasteiger charge is -2.15. The maximum Gasteiger partial charge on any atom is 0.270 e. The highest BCUT2D eigenvalue weighted by Crippen LogP contribution is 2.37. The lowest BCUT2D eigenvalue weighted by molar-refractivity contribution is -0.118. The van der Waals surface area contributed by atoms with Gasteiger partial charge in [-0.25, -0.2) is 0 Å². The Morgan fingerprint density at radius 3 is 2.27 bits per heavy atom. The minimum Gasteiger partial charge on any atom is -0.497 e. The molecule has 1 aliphatic heterocycles. The first-order valence-corrected chi connectivity index (χ1v) is 13.5. The van der Waals surface area contributed by atoms with Crippen LogP contribution in [-0.4, -0.2) is 29.9 Å². The number of nitrogens with zero attached hydrogens (tertiary/aromatic N) is 1. The van der Waals surface area contributed by atoms with Crippen molar-refractivity contribution in [2.75, 3.05) is 23.9 Å². The summed E-state index contributed by atoms with van der Waals surface area (Å²) in [6.07, 6.45) is 1.78. The van der Waals surface area contributed by atoms with E-state index in [4.69, 9.17) is 26.4 Å². The molecule has 200 valence electrons. The Morgan fingerprint density at radius 2 is 1.55 bits per heavy atom. The first-order chi connectivity index (χ1) is 19.5. The molecule has 1 N–H and O–H groups in total. The van der Waals surface area contributed by atoms with Crippen LogP contribution in [0.5, 0.6) is 23.0 Å². The molecule has 40 heavy (non-hydrogen) atoms. The number of anilines is 2. The van der Waals surface area contributed by atoms with E-state index in [9.17, 15) is 9.59 Å². The monoisotopic (exact) mass is 568 g/mol. The van der Waals surface area contributed by atoms with E-state index in [1.165, 1.54) is 16.7 Å². The lowest BCUT2D eigenvalue weighted by Crippen LogP contribution is -2.27. The maximum absolute atomic E-state index is 13.2. The molecule has 0 radical (unpaired) electrons. The summed E-state index contributed by atoms with van der Waals surface area (Å²) in [5.41, 5.74) is 2.10. The van der Waals surface area contributed by atoms with Crippen molar-refractivity contribution in [1.82, 2.24) is 0 Å². The van der Waals surface area contributed by atoms with E-state index in [-0.39, 0.29) is 18.4 Å². The van der Waals surface area contributed by atoms with Crippen LogP contribution in [0.2, 0.25) is 0 Å². The quantitative estimate of drug-likeness (QED) is 0.174. The number of carbonyl (C=O) groups is 2. The lowest BCUT2D eigenvalue weighted by atomic mass is 10.2. The van der Waals surface area contributed by atoms with E-state index >= 15 is 0 Å². The summed E-state index contributed by atoms with van der Waals surface area (Å²) in [5.74, 6) is 2.09. The van der Waals surface area contributed by atoms with E-state index in [0.29, 0.717) is 37.8 Å². The summed E-state index contributed by atoms with van der Waals surface area (Å²) in [6, 6.07) is 30.9.